The Hall–Kier alpha value is -3.87. The number of Topliss-reactive ketones (excluding diaryl/α,β-unsaturated/α-hetero) is 1. The first-order valence-corrected chi connectivity index (χ1v) is 10.8. The zero-order valence-electron chi connectivity index (χ0n) is 18.8. The molecule has 0 spiro atoms. The molecule has 7 heteroatoms. The predicted octanol–water partition coefficient (Wildman–Crippen LogP) is 4.41. The monoisotopic (exact) mass is 446 g/mol. The Labute approximate surface area is 192 Å². The summed E-state index contributed by atoms with van der Waals surface area (Å²) in [6, 6.07) is 12.3. The molecule has 1 atom stereocenters. The molecule has 4 rings (SSSR count). The van der Waals surface area contributed by atoms with Gasteiger partial charge in [-0.1, -0.05) is 6.07 Å². The third kappa shape index (κ3) is 4.67. The number of hydrogen-bond donors (Lipinski definition) is 1. The Kier molecular flexibility index (Phi) is 6.31. The van der Waals surface area contributed by atoms with E-state index in [9.17, 15) is 9.59 Å². The van der Waals surface area contributed by atoms with Crippen molar-refractivity contribution in [1.29, 1.82) is 0 Å². The van der Waals surface area contributed by atoms with Crippen LogP contribution in [0.2, 0.25) is 0 Å². The van der Waals surface area contributed by atoms with Gasteiger partial charge in [-0.05, 0) is 57.2 Å². The maximum absolute atomic E-state index is 12.3. The molecule has 7 nitrogen and oxygen atoms in total. The van der Waals surface area contributed by atoms with E-state index >= 15 is 0 Å². The number of carbonyl (C=O) groups is 2. The number of hydrogen-bond acceptors (Lipinski definition) is 6. The number of ketones is 1. The molecule has 2 aromatic carbocycles. The lowest BCUT2D eigenvalue weighted by atomic mass is 9.98. The molecule has 1 aliphatic rings. The van der Waals surface area contributed by atoms with Crippen LogP contribution in [0.4, 0.5) is 0 Å². The second-order valence-electron chi connectivity index (χ2n) is 8.15. The number of aromatic nitrogens is 1. The first-order valence-electron chi connectivity index (χ1n) is 10.8. The number of primary amides is 1. The molecule has 0 radical (unpaired) electrons. The average Bonchev–Trinajstić information content (AvgIpc) is 2.79. The van der Waals surface area contributed by atoms with Crippen LogP contribution in [0.15, 0.2) is 54.9 Å². The van der Waals surface area contributed by atoms with Gasteiger partial charge in [0.25, 0.3) is 0 Å². The molecule has 0 saturated carbocycles. The highest BCUT2D eigenvalue weighted by Crippen LogP contribution is 2.40. The summed E-state index contributed by atoms with van der Waals surface area (Å²) in [5, 5.41) is 0. The molecule has 0 aliphatic carbocycles. The van der Waals surface area contributed by atoms with Crippen LogP contribution >= 0.6 is 0 Å². The number of nitrogens with zero attached hydrogens (tertiary/aromatic N) is 1. The Bertz CT molecular complexity index is 1190. The summed E-state index contributed by atoms with van der Waals surface area (Å²) in [5.74, 6) is 1.17. The number of nitrogens with two attached hydrogens (primary N) is 1. The summed E-state index contributed by atoms with van der Waals surface area (Å²) in [6.07, 6.45) is 3.05. The smallest absolute Gasteiger partial charge is 0.248 e. The van der Waals surface area contributed by atoms with Crippen LogP contribution in [-0.2, 0) is 0 Å². The van der Waals surface area contributed by atoms with Crippen LogP contribution in [0.25, 0.3) is 0 Å². The molecule has 0 fully saturated rings. The highest BCUT2D eigenvalue weighted by atomic mass is 16.5. The van der Waals surface area contributed by atoms with E-state index in [0.29, 0.717) is 41.4 Å². The zero-order valence-corrected chi connectivity index (χ0v) is 18.8. The third-order valence-electron chi connectivity index (χ3n) is 5.43. The molecule has 2 N–H and O–H groups in total. The summed E-state index contributed by atoms with van der Waals surface area (Å²) >= 11 is 0. The van der Waals surface area contributed by atoms with Gasteiger partial charge < -0.3 is 19.9 Å². The number of amides is 1. The summed E-state index contributed by atoms with van der Waals surface area (Å²) in [5.41, 5.74) is 8.74. The minimum absolute atomic E-state index is 0.0613. The Morgan fingerprint density at radius 3 is 2.52 bits per heavy atom. The van der Waals surface area contributed by atoms with Crippen molar-refractivity contribution in [2.45, 2.75) is 39.4 Å². The van der Waals surface area contributed by atoms with Gasteiger partial charge in [-0.25, -0.2) is 0 Å². The fraction of sp³-hybridized carbons (Fsp3) is 0.269. The van der Waals surface area contributed by atoms with E-state index in [1.54, 1.807) is 42.7 Å². The van der Waals surface area contributed by atoms with E-state index in [1.807, 2.05) is 32.9 Å². The van der Waals surface area contributed by atoms with Crippen molar-refractivity contribution in [3.63, 3.8) is 0 Å². The molecule has 33 heavy (non-hydrogen) atoms. The summed E-state index contributed by atoms with van der Waals surface area (Å²) < 4.78 is 18.4. The van der Waals surface area contributed by atoms with Gasteiger partial charge in [-0.3, -0.25) is 14.6 Å². The van der Waals surface area contributed by atoms with Crippen molar-refractivity contribution in [1.82, 2.24) is 4.98 Å². The van der Waals surface area contributed by atoms with Gasteiger partial charge >= 0.3 is 0 Å². The molecular formula is C26H26N2O5. The summed E-state index contributed by atoms with van der Waals surface area (Å²) in [6.45, 7) is 6.04. The minimum Gasteiger partial charge on any atom is -0.492 e. The lowest BCUT2D eigenvalue weighted by Crippen LogP contribution is -2.18. The molecule has 1 aliphatic heterocycles. The Morgan fingerprint density at radius 2 is 1.82 bits per heavy atom. The number of pyridine rings is 1. The first-order chi connectivity index (χ1) is 15.8. The van der Waals surface area contributed by atoms with Crippen molar-refractivity contribution in [3.05, 3.63) is 82.7 Å². The maximum Gasteiger partial charge on any atom is 0.248 e. The van der Waals surface area contributed by atoms with E-state index in [4.69, 9.17) is 19.9 Å². The van der Waals surface area contributed by atoms with Crippen LogP contribution < -0.4 is 19.9 Å². The summed E-state index contributed by atoms with van der Waals surface area (Å²) in [4.78, 5) is 28.2. The predicted molar refractivity (Wildman–Crippen MR) is 123 cm³/mol. The van der Waals surface area contributed by atoms with Crippen molar-refractivity contribution in [2.75, 3.05) is 6.61 Å². The van der Waals surface area contributed by atoms with Gasteiger partial charge in [0.15, 0.2) is 11.9 Å². The summed E-state index contributed by atoms with van der Waals surface area (Å²) in [7, 11) is 0. The van der Waals surface area contributed by atoms with E-state index in [-0.39, 0.29) is 11.9 Å². The SMILES string of the molecule is Cc1c(OC(c2ccncc2)c2ccc(C(N)=O)cc2OC(C)C)ccc2c1OCCC2=O. The average molecular weight is 447 g/mol. The van der Waals surface area contributed by atoms with Crippen LogP contribution in [-0.4, -0.2) is 29.4 Å². The number of carbonyl (C=O) groups excluding carboxylic acids is 2. The van der Waals surface area contributed by atoms with Crippen LogP contribution in [0.5, 0.6) is 17.2 Å². The molecule has 1 amide bonds. The normalized spacial score (nSPS) is 13.8. The highest BCUT2D eigenvalue weighted by molar-refractivity contribution is 6.00. The molecule has 1 unspecified atom stereocenters. The molecule has 0 bridgehead atoms. The molecular weight excluding hydrogens is 420 g/mol. The number of fused-ring (bicyclic) bond motifs is 1. The number of benzene rings is 2. The standard InChI is InChI=1S/C26H26N2O5/c1-15(2)32-23-14-18(26(27)30)4-5-20(23)25(17-8-11-28-12-9-17)33-22-7-6-19-21(29)10-13-31-24(19)16(22)3/h4-9,11-12,14-15,25H,10,13H2,1-3H3,(H2,27,30). The minimum atomic E-state index is -0.570. The fourth-order valence-corrected chi connectivity index (χ4v) is 3.82. The topological polar surface area (TPSA) is 101 Å². The fourth-order valence-electron chi connectivity index (χ4n) is 3.82. The van der Waals surface area contributed by atoms with E-state index in [2.05, 4.69) is 4.98 Å². The van der Waals surface area contributed by atoms with Gasteiger partial charge in [0.05, 0.1) is 18.3 Å². The Balaban J connectivity index is 1.82. The van der Waals surface area contributed by atoms with Crippen LogP contribution in [0.3, 0.4) is 0 Å². The van der Waals surface area contributed by atoms with Crippen LogP contribution in [0.1, 0.15) is 63.8 Å². The van der Waals surface area contributed by atoms with Gasteiger partial charge in [0.1, 0.15) is 17.2 Å². The molecule has 2 heterocycles. The van der Waals surface area contributed by atoms with Gasteiger partial charge in [0.2, 0.25) is 5.91 Å². The van der Waals surface area contributed by atoms with Crippen molar-refractivity contribution >= 4 is 11.7 Å². The molecule has 170 valence electrons. The quantitative estimate of drug-likeness (QED) is 0.577. The molecule has 3 aromatic rings. The zero-order chi connectivity index (χ0) is 23.5. The lowest BCUT2D eigenvalue weighted by Gasteiger charge is -2.26. The van der Waals surface area contributed by atoms with Crippen molar-refractivity contribution in [2.24, 2.45) is 5.73 Å². The highest BCUT2D eigenvalue weighted by Gasteiger charge is 2.26. The largest absolute Gasteiger partial charge is 0.492 e. The number of ether oxygens (including phenoxy) is 3. The molecule has 0 saturated heterocycles. The second kappa shape index (κ2) is 9.32. The van der Waals surface area contributed by atoms with E-state index in [0.717, 1.165) is 16.7 Å². The molecule has 1 aromatic heterocycles. The first kappa shape index (κ1) is 22.3. The Morgan fingerprint density at radius 1 is 1.06 bits per heavy atom. The van der Waals surface area contributed by atoms with E-state index < -0.39 is 12.0 Å². The van der Waals surface area contributed by atoms with Crippen molar-refractivity contribution in [3.8, 4) is 17.2 Å². The van der Waals surface area contributed by atoms with Gasteiger partial charge in [-0.2, -0.15) is 0 Å². The maximum atomic E-state index is 12.3. The van der Waals surface area contributed by atoms with Gasteiger partial charge in [0, 0.05) is 41.1 Å². The van der Waals surface area contributed by atoms with Crippen LogP contribution in [0, 0.1) is 6.92 Å². The van der Waals surface area contributed by atoms with Crippen molar-refractivity contribution < 1.29 is 23.8 Å². The van der Waals surface area contributed by atoms with Gasteiger partial charge in [-0.15, -0.1) is 0 Å². The lowest BCUT2D eigenvalue weighted by molar-refractivity contribution is 0.0931. The third-order valence-corrected chi connectivity index (χ3v) is 5.43. The second-order valence-corrected chi connectivity index (χ2v) is 8.15. The number of rotatable bonds is 7. The van der Waals surface area contributed by atoms with E-state index in [1.165, 1.54) is 0 Å².